The zero-order valence-corrected chi connectivity index (χ0v) is 15.0. The lowest BCUT2D eigenvalue weighted by molar-refractivity contribution is -0.111. The molecule has 0 saturated heterocycles. The molecule has 0 radical (unpaired) electrons. The molecule has 6 nitrogen and oxygen atoms in total. The van der Waals surface area contributed by atoms with Gasteiger partial charge in [0.15, 0.2) is 0 Å². The summed E-state index contributed by atoms with van der Waals surface area (Å²) in [6.45, 7) is 4.83. The molecule has 21 heavy (non-hydrogen) atoms. The SMILES string of the molecule is CC(O)C(S)OCC(COC(S)C(C)O)OC(S)C(C)O. The van der Waals surface area contributed by atoms with E-state index in [4.69, 9.17) is 14.2 Å². The van der Waals surface area contributed by atoms with Gasteiger partial charge in [0.1, 0.15) is 22.4 Å². The second-order valence-corrected chi connectivity index (χ2v) is 6.35. The van der Waals surface area contributed by atoms with Crippen molar-refractivity contribution in [3.63, 3.8) is 0 Å². The van der Waals surface area contributed by atoms with E-state index < -0.39 is 40.7 Å². The fraction of sp³-hybridized carbons (Fsp3) is 1.00. The maximum Gasteiger partial charge on any atom is 0.126 e. The summed E-state index contributed by atoms with van der Waals surface area (Å²) in [6.07, 6.45) is -2.81. The third-order valence-electron chi connectivity index (χ3n) is 2.48. The second kappa shape index (κ2) is 11.4. The number of thiol groups is 3. The van der Waals surface area contributed by atoms with Crippen LogP contribution in [0.2, 0.25) is 0 Å². The van der Waals surface area contributed by atoms with Gasteiger partial charge < -0.3 is 29.5 Å². The number of aliphatic hydroxyl groups is 3. The lowest BCUT2D eigenvalue weighted by atomic mass is 10.3. The fourth-order valence-electron chi connectivity index (χ4n) is 1.13. The molecule has 0 aliphatic carbocycles. The van der Waals surface area contributed by atoms with E-state index >= 15 is 0 Å². The quantitative estimate of drug-likeness (QED) is 0.234. The summed E-state index contributed by atoms with van der Waals surface area (Å²) >= 11 is 12.3. The first-order valence-electron chi connectivity index (χ1n) is 6.62. The summed E-state index contributed by atoms with van der Waals surface area (Å²) in [6, 6.07) is 0. The molecule has 0 amide bonds. The van der Waals surface area contributed by atoms with Gasteiger partial charge in [0.2, 0.25) is 0 Å². The topological polar surface area (TPSA) is 88.4 Å². The molecule has 9 heteroatoms. The molecule has 128 valence electrons. The minimum absolute atomic E-state index is 0.0865. The zero-order valence-electron chi connectivity index (χ0n) is 12.4. The van der Waals surface area contributed by atoms with Crippen molar-refractivity contribution in [2.24, 2.45) is 0 Å². The Kier molecular flexibility index (Phi) is 11.8. The van der Waals surface area contributed by atoms with E-state index in [-0.39, 0.29) is 13.2 Å². The summed E-state index contributed by atoms with van der Waals surface area (Å²) in [4.78, 5) is 0. The van der Waals surface area contributed by atoms with Crippen molar-refractivity contribution >= 4 is 37.9 Å². The van der Waals surface area contributed by atoms with Crippen LogP contribution in [0.15, 0.2) is 0 Å². The number of rotatable bonds is 11. The van der Waals surface area contributed by atoms with Crippen LogP contribution in [0.1, 0.15) is 20.8 Å². The monoisotopic (exact) mass is 362 g/mol. The first-order chi connectivity index (χ1) is 9.65. The van der Waals surface area contributed by atoms with E-state index in [1.54, 1.807) is 20.8 Å². The van der Waals surface area contributed by atoms with Crippen molar-refractivity contribution in [3.8, 4) is 0 Å². The molecule has 0 aliphatic heterocycles. The molecule has 0 spiro atoms. The summed E-state index contributed by atoms with van der Waals surface area (Å²) < 4.78 is 16.2. The van der Waals surface area contributed by atoms with Crippen LogP contribution in [0.4, 0.5) is 0 Å². The van der Waals surface area contributed by atoms with Gasteiger partial charge in [-0.25, -0.2) is 0 Å². The average molecular weight is 363 g/mol. The van der Waals surface area contributed by atoms with Crippen LogP contribution >= 0.6 is 37.9 Å². The fourth-order valence-corrected chi connectivity index (χ4v) is 1.47. The highest BCUT2D eigenvalue weighted by Crippen LogP contribution is 2.13. The lowest BCUT2D eigenvalue weighted by Crippen LogP contribution is -2.36. The summed E-state index contributed by atoms with van der Waals surface area (Å²) in [7, 11) is 0. The molecule has 0 aromatic rings. The van der Waals surface area contributed by atoms with Crippen molar-refractivity contribution in [2.45, 2.75) is 61.5 Å². The van der Waals surface area contributed by atoms with Crippen LogP contribution in [0.3, 0.4) is 0 Å². The van der Waals surface area contributed by atoms with Crippen LogP contribution in [0.5, 0.6) is 0 Å². The van der Waals surface area contributed by atoms with E-state index in [0.29, 0.717) is 0 Å². The Morgan fingerprint density at radius 3 is 1.33 bits per heavy atom. The van der Waals surface area contributed by atoms with Crippen molar-refractivity contribution < 1.29 is 29.5 Å². The second-order valence-electron chi connectivity index (χ2n) is 4.82. The van der Waals surface area contributed by atoms with Crippen molar-refractivity contribution in [1.29, 1.82) is 0 Å². The Morgan fingerprint density at radius 1 is 0.714 bits per heavy atom. The van der Waals surface area contributed by atoms with Gasteiger partial charge >= 0.3 is 0 Å². The zero-order chi connectivity index (χ0) is 16.6. The number of hydrogen-bond acceptors (Lipinski definition) is 9. The van der Waals surface area contributed by atoms with Gasteiger partial charge in [0, 0.05) is 0 Å². The molecule has 0 heterocycles. The Hall–Kier alpha value is 0.810. The van der Waals surface area contributed by atoms with E-state index in [0.717, 1.165) is 0 Å². The predicted octanol–water partition coefficient (Wildman–Crippen LogP) is 0.315. The highest BCUT2D eigenvalue weighted by Gasteiger charge is 2.22. The molecule has 0 rings (SSSR count). The molecule has 0 bridgehead atoms. The molecule has 6 unspecified atom stereocenters. The van der Waals surface area contributed by atoms with E-state index in [2.05, 4.69) is 37.9 Å². The molecule has 0 saturated carbocycles. The first kappa shape index (κ1) is 21.8. The molecule has 3 N–H and O–H groups in total. The van der Waals surface area contributed by atoms with Gasteiger partial charge in [-0.15, -0.1) is 37.9 Å². The summed E-state index contributed by atoms with van der Waals surface area (Å²) in [5.74, 6) is 0. The van der Waals surface area contributed by atoms with Crippen molar-refractivity contribution in [1.82, 2.24) is 0 Å². The maximum atomic E-state index is 9.41. The third-order valence-corrected chi connectivity index (χ3v) is 4.19. The predicted molar refractivity (Wildman–Crippen MR) is 90.1 cm³/mol. The molecule has 0 aliphatic rings. The molecule has 0 aromatic carbocycles. The normalized spacial score (nSPS) is 22.1. The number of hydrogen-bond donors (Lipinski definition) is 6. The van der Waals surface area contributed by atoms with Crippen molar-refractivity contribution in [2.75, 3.05) is 13.2 Å². The van der Waals surface area contributed by atoms with Crippen LogP contribution in [0, 0.1) is 0 Å². The maximum absolute atomic E-state index is 9.41. The molecule has 0 fully saturated rings. The van der Waals surface area contributed by atoms with Gasteiger partial charge in [-0.3, -0.25) is 0 Å². The summed E-state index contributed by atoms with van der Waals surface area (Å²) in [5.41, 5.74) is -2.04. The molecular weight excluding hydrogens is 336 g/mol. The van der Waals surface area contributed by atoms with Gasteiger partial charge in [-0.1, -0.05) is 0 Å². The van der Waals surface area contributed by atoms with E-state index in [1.807, 2.05) is 0 Å². The lowest BCUT2D eigenvalue weighted by Gasteiger charge is -2.26. The van der Waals surface area contributed by atoms with Gasteiger partial charge in [-0.05, 0) is 20.8 Å². The van der Waals surface area contributed by atoms with E-state index in [9.17, 15) is 15.3 Å². The first-order valence-corrected chi connectivity index (χ1v) is 8.17. The van der Waals surface area contributed by atoms with Crippen LogP contribution in [-0.2, 0) is 14.2 Å². The van der Waals surface area contributed by atoms with Crippen molar-refractivity contribution in [3.05, 3.63) is 0 Å². The molecular formula is C12H26O6S3. The van der Waals surface area contributed by atoms with Gasteiger partial charge in [-0.2, -0.15) is 0 Å². The van der Waals surface area contributed by atoms with Crippen LogP contribution in [-0.4, -0.2) is 69.3 Å². The Labute approximate surface area is 142 Å². The Morgan fingerprint density at radius 2 is 1.05 bits per heavy atom. The van der Waals surface area contributed by atoms with Crippen LogP contribution in [0.25, 0.3) is 0 Å². The third kappa shape index (κ3) is 10.2. The highest BCUT2D eigenvalue weighted by atomic mass is 32.1. The molecule has 6 atom stereocenters. The largest absolute Gasteiger partial charge is 0.390 e. The Balaban J connectivity index is 4.40. The summed E-state index contributed by atoms with van der Waals surface area (Å²) in [5, 5.41) is 28.0. The van der Waals surface area contributed by atoms with Crippen LogP contribution < -0.4 is 0 Å². The molecule has 0 aromatic heterocycles. The van der Waals surface area contributed by atoms with Gasteiger partial charge in [0.25, 0.3) is 0 Å². The number of ether oxygens (including phenoxy) is 3. The minimum Gasteiger partial charge on any atom is -0.390 e. The highest BCUT2D eigenvalue weighted by molar-refractivity contribution is 7.81. The minimum atomic E-state index is -0.775. The average Bonchev–Trinajstić information content (AvgIpc) is 2.40. The standard InChI is InChI=1S/C12H26O6S3/c1-6(13)10(19)16-4-9(18-12(21)8(3)15)5-17-11(20)7(2)14/h6-15,19-21H,4-5H2,1-3H3. The number of aliphatic hydroxyl groups excluding tert-OH is 3. The van der Waals surface area contributed by atoms with Gasteiger partial charge in [0.05, 0.1) is 31.5 Å². The smallest absolute Gasteiger partial charge is 0.126 e. The van der Waals surface area contributed by atoms with E-state index in [1.165, 1.54) is 0 Å². The Bertz CT molecular complexity index is 249.